The number of carboxylic acids is 1. The van der Waals surface area contributed by atoms with Gasteiger partial charge in [0.05, 0.1) is 6.54 Å². The van der Waals surface area contributed by atoms with Gasteiger partial charge in [0, 0.05) is 5.38 Å². The molecule has 4 nitrogen and oxygen atoms in total. The molecule has 0 saturated heterocycles. The first kappa shape index (κ1) is 15.2. The average molecular weight is 324 g/mol. The highest BCUT2D eigenvalue weighted by Crippen LogP contribution is 2.27. The second kappa shape index (κ2) is 5.64. The molecule has 2 aromatic rings. The highest BCUT2D eigenvalue weighted by atomic mass is 32.1. The number of benzene rings is 1. The first-order chi connectivity index (χ1) is 9.82. The number of carbonyl (C=O) groups is 1. The highest BCUT2D eigenvalue weighted by Gasteiger charge is 2.25. The van der Waals surface area contributed by atoms with Crippen molar-refractivity contribution in [3.63, 3.8) is 0 Å². The molecule has 2 N–H and O–H groups in total. The molecule has 0 atom stereocenters. The molecule has 0 aliphatic rings. The molecule has 112 valence electrons. The van der Waals surface area contributed by atoms with E-state index < -0.39 is 47.3 Å². The van der Waals surface area contributed by atoms with Crippen LogP contribution in [0.1, 0.15) is 15.5 Å². The van der Waals surface area contributed by atoms with Crippen LogP contribution in [0, 0.1) is 29.1 Å². The molecule has 0 aliphatic heterocycles. The minimum atomic E-state index is -2.25. The van der Waals surface area contributed by atoms with Crippen molar-refractivity contribution in [2.75, 3.05) is 5.32 Å². The molecule has 0 fully saturated rings. The monoisotopic (exact) mass is 324 g/mol. The number of hydrogen-bond acceptors (Lipinski definition) is 4. The molecular weight excluding hydrogens is 319 g/mol. The van der Waals surface area contributed by atoms with Gasteiger partial charge in [-0.15, -0.1) is 11.3 Å². The predicted octanol–water partition coefficient (Wildman–Crippen LogP) is 3.15. The maximum absolute atomic E-state index is 13.3. The van der Waals surface area contributed by atoms with Crippen LogP contribution in [0.2, 0.25) is 0 Å². The maximum Gasteiger partial charge on any atom is 0.355 e. The van der Waals surface area contributed by atoms with Crippen molar-refractivity contribution < 1.29 is 31.9 Å². The van der Waals surface area contributed by atoms with Crippen LogP contribution < -0.4 is 5.32 Å². The zero-order valence-electron chi connectivity index (χ0n) is 9.89. The third-order valence-corrected chi connectivity index (χ3v) is 3.25. The van der Waals surface area contributed by atoms with E-state index in [2.05, 4.69) is 4.98 Å². The number of halogens is 5. The molecule has 2 rings (SSSR count). The molecule has 10 heteroatoms. The number of nitrogens with zero attached hydrogens (tertiary/aromatic N) is 1. The normalized spacial score (nSPS) is 10.7. The predicted molar refractivity (Wildman–Crippen MR) is 62.6 cm³/mol. The van der Waals surface area contributed by atoms with E-state index in [1.54, 1.807) is 0 Å². The summed E-state index contributed by atoms with van der Waals surface area (Å²) in [7, 11) is 0. The van der Waals surface area contributed by atoms with Gasteiger partial charge in [-0.3, -0.25) is 0 Å². The van der Waals surface area contributed by atoms with Crippen molar-refractivity contribution in [2.24, 2.45) is 0 Å². The molecule has 0 aliphatic carbocycles. The van der Waals surface area contributed by atoms with E-state index in [0.717, 1.165) is 11.3 Å². The van der Waals surface area contributed by atoms with E-state index in [1.807, 2.05) is 5.32 Å². The summed E-state index contributed by atoms with van der Waals surface area (Å²) < 4.78 is 65.4. The fourth-order valence-corrected chi connectivity index (χ4v) is 2.12. The number of aromatic nitrogens is 1. The minimum Gasteiger partial charge on any atom is -0.476 e. The summed E-state index contributed by atoms with van der Waals surface area (Å²) in [4.78, 5) is 14.2. The van der Waals surface area contributed by atoms with Gasteiger partial charge in [-0.25, -0.2) is 31.7 Å². The molecule has 0 unspecified atom stereocenters. The van der Waals surface area contributed by atoms with Crippen molar-refractivity contribution in [3.8, 4) is 0 Å². The van der Waals surface area contributed by atoms with Crippen LogP contribution in [0.5, 0.6) is 0 Å². The molecule has 0 saturated carbocycles. The van der Waals surface area contributed by atoms with E-state index in [4.69, 9.17) is 5.11 Å². The largest absolute Gasteiger partial charge is 0.476 e. The number of thiazole rings is 1. The summed E-state index contributed by atoms with van der Waals surface area (Å²) in [5.74, 6) is -11.7. The minimum absolute atomic E-state index is 0.108. The Kier molecular flexibility index (Phi) is 4.07. The van der Waals surface area contributed by atoms with E-state index in [-0.39, 0.29) is 10.7 Å². The maximum atomic E-state index is 13.3. The Morgan fingerprint density at radius 2 is 1.62 bits per heavy atom. The smallest absolute Gasteiger partial charge is 0.355 e. The zero-order valence-corrected chi connectivity index (χ0v) is 10.7. The lowest BCUT2D eigenvalue weighted by atomic mass is 10.2. The second-order valence-electron chi connectivity index (χ2n) is 3.73. The van der Waals surface area contributed by atoms with E-state index in [9.17, 15) is 26.7 Å². The first-order valence-electron chi connectivity index (χ1n) is 5.26. The third kappa shape index (κ3) is 2.79. The quantitative estimate of drug-likeness (QED) is 0.515. The molecule has 0 amide bonds. The van der Waals surface area contributed by atoms with E-state index >= 15 is 0 Å². The van der Waals surface area contributed by atoms with Crippen LogP contribution in [0.3, 0.4) is 0 Å². The summed E-state index contributed by atoms with van der Waals surface area (Å²) >= 11 is 0.859. The lowest BCUT2D eigenvalue weighted by Gasteiger charge is -2.09. The Hall–Kier alpha value is -2.23. The van der Waals surface area contributed by atoms with Gasteiger partial charge in [-0.2, -0.15) is 0 Å². The van der Waals surface area contributed by atoms with Gasteiger partial charge < -0.3 is 10.4 Å². The highest BCUT2D eigenvalue weighted by molar-refractivity contribution is 7.09. The molecule has 21 heavy (non-hydrogen) atoms. The molecular formula is C11H5F5N2O2S. The van der Waals surface area contributed by atoms with Gasteiger partial charge in [0.15, 0.2) is 29.0 Å². The summed E-state index contributed by atoms with van der Waals surface area (Å²) in [5.41, 5.74) is -1.48. The fourth-order valence-electron chi connectivity index (χ4n) is 1.41. The van der Waals surface area contributed by atoms with Gasteiger partial charge in [-0.1, -0.05) is 0 Å². The molecule has 1 aromatic carbocycles. The van der Waals surface area contributed by atoms with Crippen LogP contribution in [-0.4, -0.2) is 16.1 Å². The van der Waals surface area contributed by atoms with E-state index in [1.165, 1.54) is 5.38 Å². The van der Waals surface area contributed by atoms with Crippen LogP contribution in [0.4, 0.5) is 27.6 Å². The van der Waals surface area contributed by atoms with Crippen molar-refractivity contribution >= 4 is 23.0 Å². The molecule has 1 aromatic heterocycles. The Labute approximate surface area is 117 Å². The summed E-state index contributed by atoms with van der Waals surface area (Å²) in [5, 5.41) is 11.9. The second-order valence-corrected chi connectivity index (χ2v) is 4.67. The molecule has 0 bridgehead atoms. The topological polar surface area (TPSA) is 62.2 Å². The number of hydrogen-bond donors (Lipinski definition) is 2. The van der Waals surface area contributed by atoms with Gasteiger partial charge >= 0.3 is 5.97 Å². The van der Waals surface area contributed by atoms with Gasteiger partial charge in [0.1, 0.15) is 10.7 Å². The first-order valence-corrected chi connectivity index (χ1v) is 6.14. The lowest BCUT2D eigenvalue weighted by Crippen LogP contribution is -2.10. The molecule has 0 spiro atoms. The van der Waals surface area contributed by atoms with Gasteiger partial charge in [0.25, 0.3) is 0 Å². The summed E-state index contributed by atoms with van der Waals surface area (Å²) in [6.07, 6.45) is 0. The van der Waals surface area contributed by atoms with Crippen molar-refractivity contribution in [3.05, 3.63) is 45.2 Å². The summed E-state index contributed by atoms with van der Waals surface area (Å²) in [6, 6.07) is 0. The Morgan fingerprint density at radius 1 is 1.10 bits per heavy atom. The number of aromatic carboxylic acids is 1. The van der Waals surface area contributed by atoms with Gasteiger partial charge in [0.2, 0.25) is 5.82 Å². The Balaban J connectivity index is 2.26. The molecule has 1 heterocycles. The number of rotatable bonds is 4. The van der Waals surface area contributed by atoms with Gasteiger partial charge in [-0.05, 0) is 0 Å². The molecule has 0 radical (unpaired) electrons. The van der Waals surface area contributed by atoms with Crippen molar-refractivity contribution in [1.82, 2.24) is 4.98 Å². The number of nitrogens with one attached hydrogen (secondary N) is 1. The summed E-state index contributed by atoms with van der Waals surface area (Å²) in [6.45, 7) is -0.393. The standard InChI is InChI=1S/C11H5F5N2O2S/c12-5-6(13)8(15)10(9(16)7(5)14)17-1-4-18-3(2-21-4)11(19)20/h2,17H,1H2,(H,19,20). The van der Waals surface area contributed by atoms with Crippen molar-refractivity contribution in [2.45, 2.75) is 6.54 Å². The number of anilines is 1. The van der Waals surface area contributed by atoms with Crippen LogP contribution in [0.15, 0.2) is 5.38 Å². The fraction of sp³-hybridized carbons (Fsp3) is 0.0909. The SMILES string of the molecule is O=C(O)c1csc(CNc2c(F)c(F)c(F)c(F)c2F)n1. The Morgan fingerprint density at radius 3 is 2.10 bits per heavy atom. The zero-order chi connectivity index (χ0) is 15.7. The van der Waals surface area contributed by atoms with Crippen LogP contribution >= 0.6 is 11.3 Å². The van der Waals surface area contributed by atoms with Crippen molar-refractivity contribution in [1.29, 1.82) is 0 Å². The van der Waals surface area contributed by atoms with Crippen LogP contribution in [-0.2, 0) is 6.54 Å². The Bertz CT molecular complexity index is 690. The third-order valence-electron chi connectivity index (χ3n) is 2.40. The average Bonchev–Trinajstić information content (AvgIpc) is 2.92. The van der Waals surface area contributed by atoms with Crippen LogP contribution in [0.25, 0.3) is 0 Å². The lowest BCUT2D eigenvalue weighted by molar-refractivity contribution is 0.0691. The van der Waals surface area contributed by atoms with E-state index in [0.29, 0.717) is 0 Å². The number of carboxylic acid groups (broad SMARTS) is 1.